The highest BCUT2D eigenvalue weighted by Crippen LogP contribution is 2.14. The van der Waals surface area contributed by atoms with Gasteiger partial charge in [-0.15, -0.1) is 0 Å². The number of anilines is 1. The predicted molar refractivity (Wildman–Crippen MR) is 227 cm³/mol. The summed E-state index contributed by atoms with van der Waals surface area (Å²) in [5.74, 6) is -7.09. The molecule has 336 valence electrons. The number of urea groups is 1. The Morgan fingerprint density at radius 1 is 0.828 bits per heavy atom. The van der Waals surface area contributed by atoms with Gasteiger partial charge in [0.2, 0.25) is 11.8 Å². The maximum Gasteiger partial charge on any atom is 0.330 e. The van der Waals surface area contributed by atoms with E-state index in [9.17, 15) is 56.4 Å². The summed E-state index contributed by atoms with van der Waals surface area (Å²) in [6.45, 7) is -0.796. The Kier molecular flexibility index (Phi) is 17.9. The van der Waals surface area contributed by atoms with Crippen molar-refractivity contribution in [1.29, 1.82) is 0 Å². The molecule has 0 bridgehead atoms. The van der Waals surface area contributed by atoms with Crippen LogP contribution in [0.15, 0.2) is 118 Å². The number of hydrogen-bond donors (Lipinski definition) is 11. The lowest BCUT2D eigenvalue weighted by Gasteiger charge is -2.20. The third-order valence-corrected chi connectivity index (χ3v) is 9.44. The number of aromatic nitrogens is 1. The van der Waals surface area contributed by atoms with Gasteiger partial charge in [0.25, 0.3) is 33.7 Å². The molecule has 1 saturated heterocycles. The smallest absolute Gasteiger partial charge is 0.330 e. The topological polar surface area (TPSA) is 359 Å². The SMILES string of the molecule is NC(=O)NCC/C=C1\NC(=O)/C(=C\CCCNC(=O)c2ccc(NN=Cc3ccccc3S(=O)(=O)O)nc2)NC(=O)[C@@H](Cc2ccccc2)NC(=O)/C(=C\C(=O)O)NC(=O)CNC1=O. The van der Waals surface area contributed by atoms with Gasteiger partial charge >= 0.3 is 12.0 Å². The first kappa shape index (κ1) is 48.4. The minimum absolute atomic E-state index is 0.0380. The number of hydrogen-bond acceptors (Lipinski definition) is 13. The van der Waals surface area contributed by atoms with Crippen molar-refractivity contribution in [3.05, 3.63) is 125 Å². The number of carboxylic acid groups (broad SMARTS) is 1. The van der Waals surface area contributed by atoms with Crippen LogP contribution in [-0.4, -0.2) is 102 Å². The van der Waals surface area contributed by atoms with Gasteiger partial charge in [0.1, 0.15) is 33.8 Å². The largest absolute Gasteiger partial charge is 0.478 e. The van der Waals surface area contributed by atoms with Crippen LogP contribution in [0.1, 0.15) is 40.7 Å². The van der Waals surface area contributed by atoms with Crippen molar-refractivity contribution in [1.82, 2.24) is 42.2 Å². The number of carbonyl (C=O) groups excluding carboxylic acids is 7. The van der Waals surface area contributed by atoms with E-state index in [-0.39, 0.29) is 66.3 Å². The van der Waals surface area contributed by atoms with Crippen molar-refractivity contribution in [3.63, 3.8) is 0 Å². The number of rotatable bonds is 15. The van der Waals surface area contributed by atoms with Crippen molar-refractivity contribution in [3.8, 4) is 0 Å². The van der Waals surface area contributed by atoms with Crippen LogP contribution in [0.2, 0.25) is 0 Å². The summed E-state index contributed by atoms with van der Waals surface area (Å²) in [5.41, 5.74) is 6.96. The van der Waals surface area contributed by atoms with E-state index in [4.69, 9.17) is 5.73 Å². The van der Waals surface area contributed by atoms with Crippen LogP contribution in [0, 0.1) is 0 Å². The van der Waals surface area contributed by atoms with Gasteiger partial charge in [-0.05, 0) is 43.0 Å². The summed E-state index contributed by atoms with van der Waals surface area (Å²) < 4.78 is 32.6. The number of nitrogens with one attached hydrogen (secondary N) is 8. The molecule has 8 amide bonds. The Bertz CT molecular complexity index is 2490. The first-order valence-corrected chi connectivity index (χ1v) is 20.5. The molecule has 1 aliphatic heterocycles. The van der Waals surface area contributed by atoms with Gasteiger partial charge in [0.05, 0.1) is 24.4 Å². The Balaban J connectivity index is 1.52. The normalized spacial score (nSPS) is 17.3. The van der Waals surface area contributed by atoms with Gasteiger partial charge in [-0.2, -0.15) is 13.5 Å². The summed E-state index contributed by atoms with van der Waals surface area (Å²) in [5, 5.41) is 29.9. The number of pyridine rings is 1. The molecule has 64 heavy (non-hydrogen) atoms. The quantitative estimate of drug-likeness (QED) is 0.0295. The Morgan fingerprint density at radius 2 is 1.53 bits per heavy atom. The number of allylic oxidation sites excluding steroid dienone is 1. The molecule has 0 spiro atoms. The summed E-state index contributed by atoms with van der Waals surface area (Å²) in [7, 11) is -4.49. The molecule has 2 aromatic carbocycles. The van der Waals surface area contributed by atoms with Crippen LogP contribution in [-0.2, 0) is 45.3 Å². The second-order valence-electron chi connectivity index (χ2n) is 13.3. The van der Waals surface area contributed by atoms with E-state index in [1.807, 2.05) is 0 Å². The van der Waals surface area contributed by atoms with Crippen molar-refractivity contribution in [2.75, 3.05) is 25.1 Å². The fourth-order valence-electron chi connectivity index (χ4n) is 5.49. The zero-order valence-electron chi connectivity index (χ0n) is 33.6. The van der Waals surface area contributed by atoms with Gasteiger partial charge in [-0.25, -0.2) is 14.6 Å². The zero-order chi connectivity index (χ0) is 46.6. The highest BCUT2D eigenvalue weighted by Gasteiger charge is 2.28. The number of carbonyl (C=O) groups is 8. The van der Waals surface area contributed by atoms with Crippen LogP contribution in [0.5, 0.6) is 0 Å². The molecule has 0 saturated carbocycles. The fraction of sp³-hybridized carbons (Fsp3) is 0.200. The molecule has 1 atom stereocenters. The highest BCUT2D eigenvalue weighted by molar-refractivity contribution is 7.86. The number of nitrogens with zero attached hydrogens (tertiary/aromatic N) is 2. The predicted octanol–water partition coefficient (Wildman–Crippen LogP) is -0.715. The molecule has 12 N–H and O–H groups in total. The highest BCUT2D eigenvalue weighted by atomic mass is 32.2. The minimum atomic E-state index is -4.49. The number of primary amides is 1. The van der Waals surface area contributed by atoms with Gasteiger partial charge in [0, 0.05) is 31.3 Å². The van der Waals surface area contributed by atoms with E-state index in [2.05, 4.69) is 52.7 Å². The summed E-state index contributed by atoms with van der Waals surface area (Å²) in [6.07, 6.45) is 5.40. The average Bonchev–Trinajstić information content (AvgIpc) is 3.25. The van der Waals surface area contributed by atoms with E-state index in [1.165, 1.54) is 54.9 Å². The lowest BCUT2D eigenvalue weighted by molar-refractivity contribution is -0.132. The Hall–Kier alpha value is -8.25. The number of benzene rings is 2. The van der Waals surface area contributed by atoms with Gasteiger partial charge < -0.3 is 48.1 Å². The second-order valence-corrected chi connectivity index (χ2v) is 14.7. The maximum atomic E-state index is 13.9. The van der Waals surface area contributed by atoms with Crippen molar-refractivity contribution < 1.29 is 56.4 Å². The van der Waals surface area contributed by atoms with Crippen molar-refractivity contribution in [2.24, 2.45) is 10.8 Å². The molecule has 4 rings (SSSR count). The molecule has 0 unspecified atom stereocenters. The van der Waals surface area contributed by atoms with Crippen LogP contribution in [0.4, 0.5) is 10.6 Å². The maximum absolute atomic E-state index is 13.9. The van der Waals surface area contributed by atoms with Crippen LogP contribution in [0.3, 0.4) is 0 Å². The summed E-state index contributed by atoms with van der Waals surface area (Å²) in [4.78, 5) is 106. The molecule has 1 aromatic heterocycles. The molecular weight excluding hydrogens is 859 g/mol. The van der Waals surface area contributed by atoms with Crippen LogP contribution in [0.25, 0.3) is 0 Å². The molecule has 2 heterocycles. The Labute approximate surface area is 364 Å². The second kappa shape index (κ2) is 23.7. The van der Waals surface area contributed by atoms with E-state index in [0.29, 0.717) is 11.6 Å². The fourth-order valence-corrected chi connectivity index (χ4v) is 6.16. The molecular formula is C40H43N11O12S. The number of carboxylic acids is 1. The summed E-state index contributed by atoms with van der Waals surface area (Å²) >= 11 is 0. The van der Waals surface area contributed by atoms with Crippen molar-refractivity contribution in [2.45, 2.75) is 36.6 Å². The lowest BCUT2D eigenvalue weighted by Crippen LogP contribution is -2.51. The monoisotopic (exact) mass is 901 g/mol. The molecule has 1 fully saturated rings. The number of aliphatic carboxylic acids is 1. The Morgan fingerprint density at radius 3 is 2.22 bits per heavy atom. The third kappa shape index (κ3) is 16.0. The molecule has 3 aromatic rings. The lowest BCUT2D eigenvalue weighted by atomic mass is 10.0. The average molecular weight is 902 g/mol. The van der Waals surface area contributed by atoms with E-state index >= 15 is 0 Å². The number of unbranched alkanes of at least 4 members (excludes halogenated alkanes) is 1. The number of hydrazone groups is 1. The van der Waals surface area contributed by atoms with Gasteiger partial charge in [-0.1, -0.05) is 60.7 Å². The molecule has 0 radical (unpaired) electrons. The number of nitrogens with two attached hydrogens (primary N) is 1. The standard InChI is InChI=1S/C40H43N11O12S/c41-40(60)43-18-8-13-27-36(56)45-23-33(52)47-30(20-34(53)54)39(59)50-29(19-24-9-2-1-3-10-24)38(58)49-28(37(57)48-27)12-6-7-17-42-35(55)26-15-16-32(44-21-26)51-46-22-25-11-4-5-14-31(25)64(61,62)63/h1-5,9-16,20-22,29H,6-8,17-19,23H2,(H,42,55)(H,44,51)(H,45,56)(H,47,52)(H,48,57)(H,49,58)(H,50,59)(H,53,54)(H3,41,43,60)(H,61,62,63)/b27-13-,28-12+,30-20+,46-22?/t29-/m1/s1. The molecule has 1 aliphatic rings. The van der Waals surface area contributed by atoms with E-state index < -0.39 is 81.5 Å². The molecule has 24 heteroatoms. The number of amides is 8. The van der Waals surface area contributed by atoms with E-state index in [0.717, 1.165) is 0 Å². The van der Waals surface area contributed by atoms with E-state index in [1.54, 1.807) is 36.4 Å². The van der Waals surface area contributed by atoms with Crippen LogP contribution < -0.4 is 48.4 Å². The minimum Gasteiger partial charge on any atom is -0.478 e. The zero-order valence-corrected chi connectivity index (χ0v) is 34.4. The van der Waals surface area contributed by atoms with Crippen LogP contribution >= 0.6 is 0 Å². The molecule has 23 nitrogen and oxygen atoms in total. The van der Waals surface area contributed by atoms with Gasteiger partial charge in [-0.3, -0.25) is 38.7 Å². The summed E-state index contributed by atoms with van der Waals surface area (Å²) in [6, 6.07) is 14.5. The van der Waals surface area contributed by atoms with Gasteiger partial charge in [0.15, 0.2) is 0 Å². The molecule has 0 aliphatic carbocycles. The first-order valence-electron chi connectivity index (χ1n) is 19.0. The first-order chi connectivity index (χ1) is 30.5. The van der Waals surface area contributed by atoms with Crippen molar-refractivity contribution >= 4 is 69.6 Å². The third-order valence-electron chi connectivity index (χ3n) is 8.51.